The average Bonchev–Trinajstić information content (AvgIpc) is 3.29. The molecule has 4 saturated carbocycles. The van der Waals surface area contributed by atoms with E-state index in [0.717, 1.165) is 23.8 Å². The molecule has 4 fully saturated rings. The summed E-state index contributed by atoms with van der Waals surface area (Å²) >= 11 is 0. The van der Waals surface area contributed by atoms with E-state index in [1.807, 2.05) is 6.07 Å². The maximum Gasteiger partial charge on any atom is 0.338 e. The lowest BCUT2D eigenvalue weighted by Gasteiger charge is -2.72. The van der Waals surface area contributed by atoms with Crippen molar-refractivity contribution in [2.45, 2.75) is 113 Å². The molecular weight excluding hydrogens is 507 g/mol. The fraction of sp³-hybridized carbons (Fsp3) is 0.711. The van der Waals surface area contributed by atoms with Crippen molar-refractivity contribution in [3.05, 3.63) is 53.4 Å². The Balaban J connectivity index is 1.37. The quantitative estimate of drug-likeness (QED) is 0.372. The first-order valence-electron chi connectivity index (χ1n) is 16.6. The summed E-state index contributed by atoms with van der Waals surface area (Å²) in [6.07, 6.45) is 15.4. The second kappa shape index (κ2) is 9.30. The van der Waals surface area contributed by atoms with Crippen molar-refractivity contribution in [2.24, 2.45) is 56.7 Å². The molecule has 0 spiro atoms. The Morgan fingerprint density at radius 1 is 0.976 bits per heavy atom. The van der Waals surface area contributed by atoms with Gasteiger partial charge in [0.05, 0.1) is 5.56 Å². The SMILES string of the molecule is C=C(C)[C@@H]1CC[C@]2(CC)CC[C@]3(C)[C@H](CC[C@@H]4[C@@]5(C)CC=C(c6ccc(C(=O)O)c(F)c6)C(C)(C)[C@@H]5CC[C@]43C)[C@@H]12. The Bertz CT molecular complexity index is 1310. The zero-order valence-electron chi connectivity index (χ0n) is 26.7. The highest BCUT2D eigenvalue weighted by atomic mass is 19.1. The molecule has 0 aliphatic heterocycles. The third-order valence-electron chi connectivity index (χ3n) is 15.0. The highest BCUT2D eigenvalue weighted by Crippen LogP contribution is 2.78. The van der Waals surface area contributed by atoms with Crippen LogP contribution in [0.25, 0.3) is 5.57 Å². The number of benzene rings is 1. The van der Waals surface area contributed by atoms with E-state index in [-0.39, 0.29) is 16.4 Å². The fourth-order valence-corrected chi connectivity index (χ4v) is 12.8. The van der Waals surface area contributed by atoms with E-state index in [0.29, 0.717) is 34.0 Å². The summed E-state index contributed by atoms with van der Waals surface area (Å²) in [4.78, 5) is 11.4. The lowest BCUT2D eigenvalue weighted by Crippen LogP contribution is -2.65. The van der Waals surface area contributed by atoms with Crippen LogP contribution in [0.3, 0.4) is 0 Å². The van der Waals surface area contributed by atoms with Crippen LogP contribution < -0.4 is 0 Å². The van der Waals surface area contributed by atoms with E-state index in [9.17, 15) is 14.3 Å². The van der Waals surface area contributed by atoms with Gasteiger partial charge in [-0.05, 0) is 145 Å². The molecule has 0 aromatic heterocycles. The van der Waals surface area contributed by atoms with Gasteiger partial charge in [-0.25, -0.2) is 9.18 Å². The summed E-state index contributed by atoms with van der Waals surface area (Å²) in [5.74, 6) is 1.63. The highest BCUT2D eigenvalue weighted by Gasteiger charge is 2.70. The Morgan fingerprint density at radius 3 is 2.34 bits per heavy atom. The summed E-state index contributed by atoms with van der Waals surface area (Å²) in [5.41, 5.74) is 4.51. The molecule has 0 saturated heterocycles. The van der Waals surface area contributed by atoms with Gasteiger partial charge in [0.1, 0.15) is 5.82 Å². The topological polar surface area (TPSA) is 37.3 Å². The molecule has 0 heterocycles. The second-order valence-corrected chi connectivity index (χ2v) is 16.4. The van der Waals surface area contributed by atoms with Gasteiger partial charge in [-0.15, -0.1) is 0 Å². The summed E-state index contributed by atoms with van der Waals surface area (Å²) in [7, 11) is 0. The first-order valence-corrected chi connectivity index (χ1v) is 16.6. The first kappa shape index (κ1) is 29.2. The molecule has 41 heavy (non-hydrogen) atoms. The number of carbonyl (C=O) groups is 1. The van der Waals surface area contributed by atoms with Crippen LogP contribution in [0, 0.1) is 62.5 Å². The number of fused-ring (bicyclic) bond motifs is 7. The third kappa shape index (κ3) is 3.75. The zero-order valence-corrected chi connectivity index (χ0v) is 26.7. The van der Waals surface area contributed by atoms with Crippen LogP contribution in [0.2, 0.25) is 0 Å². The summed E-state index contributed by atoms with van der Waals surface area (Å²) < 4.78 is 14.8. The Kier molecular flexibility index (Phi) is 6.62. The summed E-state index contributed by atoms with van der Waals surface area (Å²) in [6, 6.07) is 4.72. The van der Waals surface area contributed by atoms with Crippen LogP contribution in [-0.2, 0) is 0 Å². The van der Waals surface area contributed by atoms with Crippen molar-refractivity contribution < 1.29 is 14.3 Å². The minimum absolute atomic E-state index is 0.107. The van der Waals surface area contributed by atoms with Gasteiger partial charge in [0.2, 0.25) is 0 Å². The molecule has 3 heteroatoms. The van der Waals surface area contributed by atoms with Gasteiger partial charge in [-0.2, -0.15) is 0 Å². The molecule has 0 amide bonds. The van der Waals surface area contributed by atoms with Crippen LogP contribution in [0.4, 0.5) is 4.39 Å². The molecule has 1 N–H and O–H groups in total. The van der Waals surface area contributed by atoms with E-state index >= 15 is 0 Å². The fourth-order valence-electron chi connectivity index (χ4n) is 12.8. The van der Waals surface area contributed by atoms with Crippen LogP contribution in [-0.4, -0.2) is 11.1 Å². The molecule has 6 rings (SSSR count). The molecule has 0 bridgehead atoms. The van der Waals surface area contributed by atoms with E-state index in [1.165, 1.54) is 81.1 Å². The normalized spacial score (nSPS) is 44.6. The maximum absolute atomic E-state index is 14.8. The van der Waals surface area contributed by atoms with E-state index in [1.54, 1.807) is 0 Å². The molecule has 1 aromatic rings. The number of carboxylic acid groups (broad SMARTS) is 1. The van der Waals surface area contributed by atoms with Gasteiger partial charge in [-0.1, -0.05) is 72.3 Å². The Labute approximate surface area is 248 Å². The zero-order chi connectivity index (χ0) is 29.8. The molecule has 0 radical (unpaired) electrons. The van der Waals surface area contributed by atoms with Crippen molar-refractivity contribution in [1.82, 2.24) is 0 Å². The van der Waals surface area contributed by atoms with Crippen LogP contribution in [0.5, 0.6) is 0 Å². The number of rotatable bonds is 4. The largest absolute Gasteiger partial charge is 0.478 e. The highest BCUT2D eigenvalue weighted by molar-refractivity contribution is 5.88. The number of carboxylic acids is 1. The smallest absolute Gasteiger partial charge is 0.338 e. The van der Waals surface area contributed by atoms with Crippen LogP contribution >= 0.6 is 0 Å². The maximum atomic E-state index is 14.8. The first-order chi connectivity index (χ1) is 19.2. The van der Waals surface area contributed by atoms with Gasteiger partial charge in [0.25, 0.3) is 0 Å². The molecular formula is C38H53FO2. The number of aromatic carboxylic acids is 1. The standard InChI is InChI=1S/C38H53FO2/c1-9-38-19-14-25(23(2)3)32(38)28-12-13-31-35(6)17-15-27(24-10-11-26(33(40)41)29(39)22-24)34(4,5)30(35)16-18-37(31,8)36(28,7)20-21-38/h10-11,15,22,25,28,30-32H,2,9,12-14,16-21H2,1,3-8H3,(H,40,41)/t25-,28+,30-,31+,32+,35-,36+,37+,38+/m0/s1. The number of allylic oxidation sites excluding steroid dienone is 3. The summed E-state index contributed by atoms with van der Waals surface area (Å²) in [5, 5.41) is 9.36. The van der Waals surface area contributed by atoms with Gasteiger partial charge in [0.15, 0.2) is 0 Å². The Morgan fingerprint density at radius 2 is 1.71 bits per heavy atom. The molecule has 2 nitrogen and oxygen atoms in total. The van der Waals surface area contributed by atoms with Crippen molar-refractivity contribution in [1.29, 1.82) is 0 Å². The second-order valence-electron chi connectivity index (χ2n) is 16.4. The predicted molar refractivity (Wildman–Crippen MR) is 166 cm³/mol. The number of hydrogen-bond donors (Lipinski definition) is 1. The van der Waals surface area contributed by atoms with E-state index in [4.69, 9.17) is 0 Å². The van der Waals surface area contributed by atoms with Gasteiger partial charge < -0.3 is 5.11 Å². The van der Waals surface area contributed by atoms with Crippen molar-refractivity contribution in [3.8, 4) is 0 Å². The van der Waals surface area contributed by atoms with Gasteiger partial charge >= 0.3 is 5.97 Å². The lowest BCUT2D eigenvalue weighted by molar-refractivity contribution is -0.225. The van der Waals surface area contributed by atoms with E-state index < -0.39 is 11.8 Å². The van der Waals surface area contributed by atoms with Gasteiger partial charge in [-0.3, -0.25) is 0 Å². The number of halogens is 1. The molecule has 1 aromatic carbocycles. The van der Waals surface area contributed by atoms with Gasteiger partial charge in [0, 0.05) is 0 Å². The molecule has 224 valence electrons. The monoisotopic (exact) mass is 560 g/mol. The summed E-state index contributed by atoms with van der Waals surface area (Å²) in [6.45, 7) is 22.0. The lowest BCUT2D eigenvalue weighted by atomic mass is 9.32. The van der Waals surface area contributed by atoms with Crippen LogP contribution in [0.15, 0.2) is 36.4 Å². The predicted octanol–water partition coefficient (Wildman–Crippen LogP) is 10.6. The van der Waals surface area contributed by atoms with Crippen molar-refractivity contribution in [2.75, 3.05) is 0 Å². The van der Waals surface area contributed by atoms with E-state index in [2.05, 4.69) is 61.1 Å². The average molecular weight is 561 g/mol. The third-order valence-corrected chi connectivity index (χ3v) is 15.0. The molecule has 5 aliphatic rings. The molecule has 9 atom stereocenters. The minimum Gasteiger partial charge on any atom is -0.478 e. The number of hydrogen-bond acceptors (Lipinski definition) is 1. The molecule has 0 unspecified atom stereocenters. The minimum atomic E-state index is -1.21. The van der Waals surface area contributed by atoms with Crippen LogP contribution in [0.1, 0.15) is 129 Å². The van der Waals surface area contributed by atoms with Crippen molar-refractivity contribution >= 4 is 11.5 Å². The Hall–Kier alpha value is -1.90. The molecule has 5 aliphatic carbocycles. The van der Waals surface area contributed by atoms with Crippen molar-refractivity contribution in [3.63, 3.8) is 0 Å².